The summed E-state index contributed by atoms with van der Waals surface area (Å²) in [6, 6.07) is 4.81. The molecule has 1 nitrogen and oxygen atoms in total. The van der Waals surface area contributed by atoms with Crippen molar-refractivity contribution in [1.82, 2.24) is 0 Å². The van der Waals surface area contributed by atoms with E-state index in [1.54, 1.807) is 0 Å². The number of rotatable bonds is 3. The molecule has 0 amide bonds. The van der Waals surface area contributed by atoms with Crippen LogP contribution in [-0.2, 0) is 6.11 Å². The van der Waals surface area contributed by atoms with Crippen molar-refractivity contribution in [3.8, 4) is 5.75 Å². The van der Waals surface area contributed by atoms with Crippen molar-refractivity contribution in [2.24, 2.45) is 0 Å². The molecule has 0 saturated heterocycles. The Bertz CT molecular complexity index is 660. The number of hydrogen-bond donors (Lipinski definition) is 0. The molecule has 0 atom stereocenters. The van der Waals surface area contributed by atoms with Crippen LogP contribution in [0.1, 0.15) is 8.42 Å². The molecule has 21 heavy (non-hydrogen) atoms. The molecular formula is C13H8BrF5MgO. The first-order valence-electron chi connectivity index (χ1n) is 5.27. The van der Waals surface area contributed by atoms with Crippen molar-refractivity contribution in [1.29, 1.82) is 0 Å². The van der Waals surface area contributed by atoms with Gasteiger partial charge in [-0.05, 0) is 30.3 Å². The van der Waals surface area contributed by atoms with Crippen LogP contribution in [0.2, 0.25) is 0 Å². The molecule has 0 bridgehead atoms. The van der Waals surface area contributed by atoms with Crippen LogP contribution in [-0.4, -0.2) is 23.1 Å². The molecule has 0 N–H and O–H groups in total. The van der Waals surface area contributed by atoms with E-state index in [1.807, 2.05) is 0 Å². The Hall–Kier alpha value is -0.864. The topological polar surface area (TPSA) is 9.23 Å². The molecule has 0 aromatic heterocycles. The van der Waals surface area contributed by atoms with Crippen LogP contribution in [0, 0.1) is 17.5 Å². The van der Waals surface area contributed by atoms with Gasteiger partial charge in [-0.15, -0.1) is 0 Å². The fourth-order valence-corrected chi connectivity index (χ4v) is 1.80. The minimum atomic E-state index is -4.02. The standard InChI is InChI=1S/C13H6BrF5O.Mg.2H/c14-7-1-3-9(11(16)5-7)13(18,19)20-8-2-4-10(15)12(17)6-8;;;/h1-6H;;;/q;+2;2*-1. The van der Waals surface area contributed by atoms with Gasteiger partial charge in [0, 0.05) is 10.5 Å². The predicted octanol–water partition coefficient (Wildman–Crippen LogP) is 4.84. The van der Waals surface area contributed by atoms with E-state index in [-0.39, 0.29) is 30.4 Å². The van der Waals surface area contributed by atoms with E-state index in [0.29, 0.717) is 12.1 Å². The average Bonchev–Trinajstić information content (AvgIpc) is 2.33. The Morgan fingerprint density at radius 3 is 2.14 bits per heavy atom. The van der Waals surface area contributed by atoms with Crippen LogP contribution in [0.4, 0.5) is 22.0 Å². The van der Waals surface area contributed by atoms with Gasteiger partial charge in [-0.3, -0.25) is 0 Å². The number of benzene rings is 2. The van der Waals surface area contributed by atoms with Crippen LogP contribution >= 0.6 is 15.9 Å². The smallest absolute Gasteiger partial charge is 1.00 e. The maximum Gasteiger partial charge on any atom is 2.00 e. The Morgan fingerprint density at radius 1 is 0.905 bits per heavy atom. The predicted molar refractivity (Wildman–Crippen MR) is 73.0 cm³/mol. The first-order chi connectivity index (χ1) is 9.29. The SMILES string of the molecule is Fc1ccc(OC(F)(F)c2ccc(Br)cc2F)cc1F.[H-].[H-].[Mg+2]. The normalized spacial score (nSPS) is 11.0. The van der Waals surface area contributed by atoms with E-state index < -0.39 is 34.9 Å². The van der Waals surface area contributed by atoms with E-state index in [2.05, 4.69) is 20.7 Å². The van der Waals surface area contributed by atoms with Gasteiger partial charge in [0.2, 0.25) is 0 Å². The van der Waals surface area contributed by atoms with Gasteiger partial charge < -0.3 is 7.59 Å². The zero-order valence-electron chi connectivity index (χ0n) is 12.3. The van der Waals surface area contributed by atoms with Crippen molar-refractivity contribution in [3.63, 3.8) is 0 Å². The van der Waals surface area contributed by atoms with Gasteiger partial charge >= 0.3 is 29.2 Å². The third-order valence-electron chi connectivity index (χ3n) is 2.38. The van der Waals surface area contributed by atoms with Gasteiger partial charge in [0.15, 0.2) is 11.6 Å². The summed E-state index contributed by atoms with van der Waals surface area (Å²) in [4.78, 5) is 0. The molecule has 0 heterocycles. The Balaban J connectivity index is 0. The minimum Gasteiger partial charge on any atom is -1.00 e. The second kappa shape index (κ2) is 6.93. The maximum atomic E-state index is 13.8. The minimum absolute atomic E-state index is 0. The molecular weight excluding hydrogens is 371 g/mol. The summed E-state index contributed by atoms with van der Waals surface area (Å²) in [7, 11) is 0. The summed E-state index contributed by atoms with van der Waals surface area (Å²) in [6.45, 7) is 0. The van der Waals surface area contributed by atoms with Gasteiger partial charge in [-0.25, -0.2) is 13.2 Å². The van der Waals surface area contributed by atoms with E-state index in [4.69, 9.17) is 0 Å². The number of ether oxygens (including phenoxy) is 1. The molecule has 0 spiro atoms. The van der Waals surface area contributed by atoms with E-state index in [1.165, 1.54) is 6.07 Å². The van der Waals surface area contributed by atoms with Crippen LogP contribution < -0.4 is 4.74 Å². The summed E-state index contributed by atoms with van der Waals surface area (Å²) in [5, 5.41) is 0. The number of hydrogen-bond acceptors (Lipinski definition) is 1. The fourth-order valence-electron chi connectivity index (χ4n) is 1.47. The van der Waals surface area contributed by atoms with Crippen LogP contribution in [0.25, 0.3) is 0 Å². The molecule has 0 fully saturated rings. The molecule has 0 aliphatic heterocycles. The summed E-state index contributed by atoms with van der Waals surface area (Å²) < 4.78 is 71.1. The number of halogens is 6. The van der Waals surface area contributed by atoms with Crippen LogP contribution in [0.15, 0.2) is 40.9 Å². The number of alkyl halides is 2. The van der Waals surface area contributed by atoms with Gasteiger partial charge in [-0.2, -0.15) is 8.78 Å². The molecule has 8 heteroatoms. The third-order valence-corrected chi connectivity index (χ3v) is 2.88. The molecule has 0 aliphatic rings. The summed E-state index contributed by atoms with van der Waals surface area (Å²) in [6.07, 6.45) is -4.02. The van der Waals surface area contributed by atoms with E-state index in [0.717, 1.165) is 18.2 Å². The maximum absolute atomic E-state index is 13.8. The summed E-state index contributed by atoms with van der Waals surface area (Å²) >= 11 is 2.93. The Morgan fingerprint density at radius 2 is 1.57 bits per heavy atom. The largest absolute Gasteiger partial charge is 2.00 e. The van der Waals surface area contributed by atoms with Gasteiger partial charge in [0.25, 0.3) is 0 Å². The van der Waals surface area contributed by atoms with E-state index in [9.17, 15) is 22.0 Å². The van der Waals surface area contributed by atoms with E-state index >= 15 is 0 Å². The van der Waals surface area contributed by atoms with Crippen LogP contribution in [0.5, 0.6) is 5.75 Å². The van der Waals surface area contributed by atoms with Gasteiger partial charge in [0.1, 0.15) is 17.1 Å². The van der Waals surface area contributed by atoms with Crippen molar-refractivity contribution < 1.29 is 29.5 Å². The second-order valence-electron chi connectivity index (χ2n) is 3.82. The molecule has 2 aromatic rings. The molecule has 0 unspecified atom stereocenters. The molecule has 2 aromatic carbocycles. The zero-order valence-corrected chi connectivity index (χ0v) is 13.3. The van der Waals surface area contributed by atoms with Crippen LogP contribution in [0.3, 0.4) is 0 Å². The average molecular weight is 379 g/mol. The quantitative estimate of drug-likeness (QED) is 0.548. The Labute approximate surface area is 144 Å². The molecule has 0 saturated carbocycles. The van der Waals surface area contributed by atoms with Gasteiger partial charge in [-0.1, -0.05) is 15.9 Å². The first kappa shape index (κ1) is 18.2. The zero-order chi connectivity index (χ0) is 14.9. The molecule has 0 aliphatic carbocycles. The summed E-state index contributed by atoms with van der Waals surface area (Å²) in [5.41, 5.74) is -1.01. The third kappa shape index (κ3) is 4.30. The van der Waals surface area contributed by atoms with Crippen molar-refractivity contribution in [2.45, 2.75) is 6.11 Å². The monoisotopic (exact) mass is 378 g/mol. The second-order valence-corrected chi connectivity index (χ2v) is 4.73. The molecule has 0 radical (unpaired) electrons. The first-order valence-corrected chi connectivity index (χ1v) is 6.06. The van der Waals surface area contributed by atoms with Gasteiger partial charge in [0.05, 0.1) is 0 Å². The fraction of sp³-hybridized carbons (Fsp3) is 0.0769. The Kier molecular flexibility index (Phi) is 6.00. The molecule has 2 rings (SSSR count). The van der Waals surface area contributed by atoms with Crippen molar-refractivity contribution in [3.05, 3.63) is 63.9 Å². The molecule has 110 valence electrons. The van der Waals surface area contributed by atoms with Crippen molar-refractivity contribution >= 4 is 39.0 Å². The summed E-state index contributed by atoms with van der Waals surface area (Å²) in [5.74, 6) is -4.34. The van der Waals surface area contributed by atoms with Crippen molar-refractivity contribution in [2.75, 3.05) is 0 Å².